The van der Waals surface area contributed by atoms with Gasteiger partial charge in [-0.2, -0.15) is 11.8 Å². The summed E-state index contributed by atoms with van der Waals surface area (Å²) in [7, 11) is 0. The highest BCUT2D eigenvalue weighted by Crippen LogP contribution is 2.08. The molecule has 0 aromatic carbocycles. The lowest BCUT2D eigenvalue weighted by Crippen LogP contribution is -2.57. The number of thioether (sulfide) groups is 1. The van der Waals surface area contributed by atoms with Crippen LogP contribution in [-0.4, -0.2) is 90.0 Å². The molecule has 15 nitrogen and oxygen atoms in total. The average Bonchev–Trinajstić information content (AvgIpc) is 2.84. The fraction of sp³-hybridized carbons (Fsp3) is 0.739. The van der Waals surface area contributed by atoms with Crippen LogP contribution in [0.25, 0.3) is 0 Å². The topological polar surface area (TPSA) is 279 Å². The number of nitrogens with zero attached hydrogens (tertiary/aromatic N) is 2. The van der Waals surface area contributed by atoms with Crippen molar-refractivity contribution in [3.63, 3.8) is 0 Å². The van der Waals surface area contributed by atoms with Crippen LogP contribution in [0.3, 0.4) is 0 Å². The predicted molar refractivity (Wildman–Crippen MR) is 154 cm³/mol. The number of aliphatic carboxylic acids is 1. The smallest absolute Gasteiger partial charge is 0.326 e. The molecule has 0 saturated carbocycles. The molecule has 0 aliphatic heterocycles. The number of carboxylic acids is 1. The van der Waals surface area contributed by atoms with Crippen molar-refractivity contribution >= 4 is 47.4 Å². The minimum absolute atomic E-state index is 0.00133. The maximum atomic E-state index is 13.3. The van der Waals surface area contributed by atoms with Gasteiger partial charge in [0.25, 0.3) is 0 Å². The van der Waals surface area contributed by atoms with Crippen molar-refractivity contribution in [1.82, 2.24) is 16.0 Å². The second-order valence-corrected chi connectivity index (χ2v) is 10.4. The van der Waals surface area contributed by atoms with Crippen LogP contribution in [0.1, 0.15) is 52.4 Å². The number of carboxylic acid groups (broad SMARTS) is 1. The third-order valence-electron chi connectivity index (χ3n) is 5.45. The number of amides is 3. The summed E-state index contributed by atoms with van der Waals surface area (Å²) in [5.41, 5.74) is 27.4. The summed E-state index contributed by atoms with van der Waals surface area (Å²) in [5, 5.41) is 17.3. The normalized spacial score (nSPS) is 13.9. The van der Waals surface area contributed by atoms with E-state index in [2.05, 4.69) is 25.9 Å². The van der Waals surface area contributed by atoms with Gasteiger partial charge in [0.05, 0.1) is 6.04 Å². The summed E-state index contributed by atoms with van der Waals surface area (Å²) in [6.45, 7) is 4.07. The van der Waals surface area contributed by atoms with Crippen molar-refractivity contribution < 1.29 is 24.3 Å². The van der Waals surface area contributed by atoms with Crippen molar-refractivity contribution in [2.75, 3.05) is 25.1 Å². The highest BCUT2D eigenvalue weighted by Gasteiger charge is 2.30. The number of carbonyl (C=O) groups is 4. The summed E-state index contributed by atoms with van der Waals surface area (Å²) >= 11 is 1.54. The zero-order valence-corrected chi connectivity index (χ0v) is 23.8. The molecule has 0 fully saturated rings. The SMILES string of the molecule is CSCCC(N)C(=O)NC(CCCN=C(N)N)C(=O)NC(CCCN=C(N)N)C(=O)NC(CC(C)C)C(=O)O. The van der Waals surface area contributed by atoms with Crippen LogP contribution >= 0.6 is 11.8 Å². The van der Waals surface area contributed by atoms with Crippen LogP contribution in [-0.2, 0) is 19.2 Å². The van der Waals surface area contributed by atoms with Crippen molar-refractivity contribution in [2.24, 2.45) is 44.6 Å². The fourth-order valence-electron chi connectivity index (χ4n) is 3.44. The molecule has 4 unspecified atom stereocenters. The molecule has 0 bridgehead atoms. The number of hydrogen-bond acceptors (Lipinski definition) is 8. The molecule has 0 saturated heterocycles. The summed E-state index contributed by atoms with van der Waals surface area (Å²) in [6, 6.07) is -4.11. The Hall–Kier alpha value is -3.27. The fourth-order valence-corrected chi connectivity index (χ4v) is 3.93. The van der Waals surface area contributed by atoms with Crippen LogP contribution in [0.5, 0.6) is 0 Å². The largest absolute Gasteiger partial charge is 0.480 e. The Morgan fingerprint density at radius 1 is 0.769 bits per heavy atom. The molecule has 0 radical (unpaired) electrons. The van der Waals surface area contributed by atoms with Gasteiger partial charge in [0.2, 0.25) is 17.7 Å². The van der Waals surface area contributed by atoms with E-state index in [1.165, 1.54) is 11.8 Å². The maximum absolute atomic E-state index is 13.3. The zero-order valence-electron chi connectivity index (χ0n) is 23.0. The van der Waals surface area contributed by atoms with E-state index in [4.69, 9.17) is 28.7 Å². The lowest BCUT2D eigenvalue weighted by molar-refractivity contribution is -0.142. The molecule has 0 aliphatic rings. The first kappa shape index (κ1) is 35.7. The molecule has 0 spiro atoms. The quantitative estimate of drug-likeness (QED) is 0.0425. The van der Waals surface area contributed by atoms with Gasteiger partial charge in [-0.15, -0.1) is 0 Å². The first-order chi connectivity index (χ1) is 18.3. The van der Waals surface area contributed by atoms with Crippen molar-refractivity contribution in [3.05, 3.63) is 0 Å². The number of carbonyl (C=O) groups excluding carboxylic acids is 3. The molecule has 0 aromatic heterocycles. The van der Waals surface area contributed by atoms with E-state index in [0.29, 0.717) is 25.0 Å². The Morgan fingerprint density at radius 3 is 1.59 bits per heavy atom. The molecule has 14 N–H and O–H groups in total. The molecule has 16 heteroatoms. The van der Waals surface area contributed by atoms with Gasteiger partial charge in [-0.1, -0.05) is 13.8 Å². The van der Waals surface area contributed by atoms with Gasteiger partial charge < -0.3 is 49.7 Å². The molecule has 0 rings (SSSR count). The first-order valence-electron chi connectivity index (χ1n) is 12.8. The van der Waals surface area contributed by atoms with Gasteiger partial charge in [0, 0.05) is 13.1 Å². The average molecular weight is 575 g/mol. The Bertz CT molecular complexity index is 847. The highest BCUT2D eigenvalue weighted by molar-refractivity contribution is 7.98. The molecule has 224 valence electrons. The molecule has 3 amide bonds. The van der Waals surface area contributed by atoms with Gasteiger partial charge >= 0.3 is 5.97 Å². The minimum Gasteiger partial charge on any atom is -0.480 e. The van der Waals surface area contributed by atoms with Gasteiger partial charge in [-0.25, -0.2) is 4.79 Å². The number of nitrogens with one attached hydrogen (secondary N) is 3. The first-order valence-corrected chi connectivity index (χ1v) is 14.2. The van der Waals surface area contributed by atoms with E-state index in [9.17, 15) is 24.3 Å². The van der Waals surface area contributed by atoms with Gasteiger partial charge in [0.1, 0.15) is 18.1 Å². The predicted octanol–water partition coefficient (Wildman–Crippen LogP) is -2.24. The lowest BCUT2D eigenvalue weighted by atomic mass is 10.0. The zero-order chi connectivity index (χ0) is 30.0. The van der Waals surface area contributed by atoms with Crippen LogP contribution in [0, 0.1) is 5.92 Å². The number of guanidine groups is 2. The van der Waals surface area contributed by atoms with Crippen molar-refractivity contribution in [2.45, 2.75) is 76.5 Å². The van der Waals surface area contributed by atoms with E-state index in [-0.39, 0.29) is 50.2 Å². The second-order valence-electron chi connectivity index (χ2n) is 9.44. The molecule has 0 heterocycles. The molecule has 4 atom stereocenters. The van der Waals surface area contributed by atoms with E-state index in [1.54, 1.807) is 0 Å². The van der Waals surface area contributed by atoms with Gasteiger partial charge in [0.15, 0.2) is 11.9 Å². The molecular formula is C23H46N10O5S. The maximum Gasteiger partial charge on any atom is 0.326 e. The van der Waals surface area contributed by atoms with E-state index >= 15 is 0 Å². The van der Waals surface area contributed by atoms with E-state index in [0.717, 1.165) is 0 Å². The monoisotopic (exact) mass is 574 g/mol. The van der Waals surface area contributed by atoms with Gasteiger partial charge in [-0.3, -0.25) is 24.4 Å². The summed E-state index contributed by atoms with van der Waals surface area (Å²) < 4.78 is 0. The molecule has 0 aliphatic carbocycles. The summed E-state index contributed by atoms with van der Waals surface area (Å²) in [4.78, 5) is 58.4. The lowest BCUT2D eigenvalue weighted by Gasteiger charge is -2.25. The van der Waals surface area contributed by atoms with Crippen LogP contribution < -0.4 is 44.6 Å². The number of nitrogens with two attached hydrogens (primary N) is 5. The Kier molecular flexibility index (Phi) is 18.1. The van der Waals surface area contributed by atoms with E-state index < -0.39 is 47.9 Å². The van der Waals surface area contributed by atoms with Crippen molar-refractivity contribution in [3.8, 4) is 0 Å². The Labute approximate surface area is 233 Å². The highest BCUT2D eigenvalue weighted by atomic mass is 32.2. The number of aliphatic imine (C=N–C) groups is 2. The third-order valence-corrected chi connectivity index (χ3v) is 6.09. The van der Waals surface area contributed by atoms with Crippen molar-refractivity contribution in [1.29, 1.82) is 0 Å². The Balaban J connectivity index is 5.73. The number of hydrogen-bond donors (Lipinski definition) is 9. The second kappa shape index (κ2) is 19.7. The summed E-state index contributed by atoms with van der Waals surface area (Å²) in [6.07, 6.45) is 3.46. The Morgan fingerprint density at radius 2 is 1.21 bits per heavy atom. The standard InChI is InChI=1S/C23H46N10O5S/c1-13(2)12-17(21(37)38)33-20(36)16(7-5-10-30-23(27)28)32-19(35)15(6-4-9-29-22(25)26)31-18(34)14(24)8-11-39-3/h13-17H,4-12,24H2,1-3H3,(H,31,34)(H,32,35)(H,33,36)(H,37,38)(H4,25,26,29)(H4,27,28,30). The van der Waals surface area contributed by atoms with Crippen LogP contribution in [0.4, 0.5) is 0 Å². The molecule has 39 heavy (non-hydrogen) atoms. The van der Waals surface area contributed by atoms with Crippen LogP contribution in [0.2, 0.25) is 0 Å². The third kappa shape index (κ3) is 17.0. The number of rotatable bonds is 20. The van der Waals surface area contributed by atoms with E-state index in [1.807, 2.05) is 20.1 Å². The summed E-state index contributed by atoms with van der Waals surface area (Å²) in [5.74, 6) is -2.58. The van der Waals surface area contributed by atoms with Crippen LogP contribution in [0.15, 0.2) is 9.98 Å². The molecular weight excluding hydrogens is 528 g/mol. The minimum atomic E-state index is -1.19. The van der Waals surface area contributed by atoms with Gasteiger partial charge in [-0.05, 0) is 56.5 Å². The molecule has 0 aromatic rings.